The number of amides is 2. The molecule has 52 heavy (non-hydrogen) atoms. The van der Waals surface area contributed by atoms with Gasteiger partial charge in [-0.05, 0) is 67.8 Å². The van der Waals surface area contributed by atoms with Crippen LogP contribution in [0, 0.1) is 0 Å². The van der Waals surface area contributed by atoms with E-state index in [9.17, 15) is 19.8 Å². The van der Waals surface area contributed by atoms with Crippen molar-refractivity contribution >= 4 is 28.9 Å². The van der Waals surface area contributed by atoms with E-state index in [-0.39, 0.29) is 36.7 Å². The number of benzene rings is 4. The van der Waals surface area contributed by atoms with Crippen molar-refractivity contribution in [2.75, 3.05) is 30.0 Å². The van der Waals surface area contributed by atoms with Crippen LogP contribution in [0.2, 0.25) is 0 Å². The normalized spacial score (nSPS) is 18.4. The molecule has 5 rings (SSSR count). The molecule has 0 aliphatic carbocycles. The van der Waals surface area contributed by atoms with E-state index in [1.165, 1.54) is 0 Å². The summed E-state index contributed by atoms with van der Waals surface area (Å²) in [6.45, 7) is 2.54. The number of likely N-dealkylation sites (N-methyl/N-ethyl adjacent to an activating group) is 1. The third-order valence-electron chi connectivity index (χ3n) is 9.63. The zero-order valence-corrected chi connectivity index (χ0v) is 30.1. The van der Waals surface area contributed by atoms with Gasteiger partial charge in [0.1, 0.15) is 0 Å². The number of nitrogens with zero attached hydrogens (tertiary/aromatic N) is 1. The van der Waals surface area contributed by atoms with Crippen molar-refractivity contribution in [2.24, 2.45) is 0 Å². The van der Waals surface area contributed by atoms with Gasteiger partial charge in [-0.1, -0.05) is 91.7 Å². The van der Waals surface area contributed by atoms with E-state index in [1.54, 1.807) is 12.1 Å². The molecule has 2 amide bonds. The Kier molecular flexibility index (Phi) is 14.4. The minimum atomic E-state index is -0.684. The summed E-state index contributed by atoms with van der Waals surface area (Å²) in [5, 5.41) is 26.5. The number of ether oxygens (including phenoxy) is 2. The largest absolute Gasteiger partial charge is 0.397 e. The average molecular weight is 709 g/mol. The summed E-state index contributed by atoms with van der Waals surface area (Å²) in [6.07, 6.45) is 2.72. The average Bonchev–Trinajstić information content (AvgIpc) is 3.16. The molecule has 0 spiro atoms. The molecule has 0 radical (unpaired) electrons. The van der Waals surface area contributed by atoms with Crippen molar-refractivity contribution < 1.29 is 29.3 Å². The number of nitrogens with two attached hydrogens (primary N) is 1. The summed E-state index contributed by atoms with van der Waals surface area (Å²) >= 11 is 0. The van der Waals surface area contributed by atoms with Gasteiger partial charge in [0.05, 0.1) is 36.3 Å². The van der Waals surface area contributed by atoms with E-state index in [4.69, 9.17) is 15.2 Å². The SMILES string of the molecule is C[C@H]([C@@H](O)c1ccccc1)N(C)C[C@H]1C[C@@H](c2ccc(CO)cc2)O[C@@H](c2cccc(NC(=O)CCCCCCC(=O)Nc3ccccc3N)c2)O1. The predicted molar refractivity (Wildman–Crippen MR) is 204 cm³/mol. The van der Waals surface area contributed by atoms with Crippen molar-refractivity contribution in [2.45, 2.75) is 89.1 Å². The first-order chi connectivity index (χ1) is 25.2. The quantitative estimate of drug-likeness (QED) is 0.0569. The van der Waals surface area contributed by atoms with Crippen LogP contribution in [0.3, 0.4) is 0 Å². The van der Waals surface area contributed by atoms with Gasteiger partial charge in [0.2, 0.25) is 11.8 Å². The third-order valence-corrected chi connectivity index (χ3v) is 9.63. The fourth-order valence-electron chi connectivity index (χ4n) is 6.42. The van der Waals surface area contributed by atoms with Crippen LogP contribution in [0.25, 0.3) is 0 Å². The number of unbranched alkanes of at least 4 members (excludes halogenated alkanes) is 3. The van der Waals surface area contributed by atoms with Gasteiger partial charge < -0.3 is 36.1 Å². The monoisotopic (exact) mass is 708 g/mol. The van der Waals surface area contributed by atoms with Gasteiger partial charge in [-0.25, -0.2) is 0 Å². The van der Waals surface area contributed by atoms with Crippen molar-refractivity contribution in [3.63, 3.8) is 0 Å². The molecule has 0 saturated carbocycles. The topological polar surface area (TPSA) is 146 Å². The van der Waals surface area contributed by atoms with E-state index in [1.807, 2.05) is 105 Å². The van der Waals surface area contributed by atoms with E-state index in [0.717, 1.165) is 47.9 Å². The summed E-state index contributed by atoms with van der Waals surface area (Å²) in [5.41, 5.74) is 11.2. The molecule has 1 fully saturated rings. The molecule has 5 atom stereocenters. The number of carbonyl (C=O) groups excluding carboxylic acids is 2. The lowest BCUT2D eigenvalue weighted by Crippen LogP contribution is -2.43. The molecule has 0 unspecified atom stereocenters. The van der Waals surface area contributed by atoms with Gasteiger partial charge in [-0.2, -0.15) is 0 Å². The smallest absolute Gasteiger partial charge is 0.224 e. The summed E-state index contributed by atoms with van der Waals surface area (Å²) in [5.74, 6) is -0.144. The minimum absolute atomic E-state index is 0.0325. The highest BCUT2D eigenvalue weighted by molar-refractivity contribution is 5.93. The Hall–Kier alpha value is -4.58. The minimum Gasteiger partial charge on any atom is -0.397 e. The maximum absolute atomic E-state index is 12.9. The second kappa shape index (κ2) is 19.3. The molecule has 10 nitrogen and oxygen atoms in total. The molecule has 10 heteroatoms. The van der Waals surface area contributed by atoms with Crippen molar-refractivity contribution in [1.29, 1.82) is 0 Å². The van der Waals surface area contributed by atoms with Gasteiger partial charge in [-0.15, -0.1) is 0 Å². The van der Waals surface area contributed by atoms with Crippen LogP contribution in [0.4, 0.5) is 17.1 Å². The fourth-order valence-corrected chi connectivity index (χ4v) is 6.42. The van der Waals surface area contributed by atoms with Crippen LogP contribution in [0.15, 0.2) is 103 Å². The molecule has 1 saturated heterocycles. The van der Waals surface area contributed by atoms with Gasteiger partial charge >= 0.3 is 0 Å². The summed E-state index contributed by atoms with van der Waals surface area (Å²) in [4.78, 5) is 27.2. The standard InChI is InChI=1S/C42H52N4O6/c1-29(41(50)32-13-6-5-7-14-32)46(2)27-35-26-38(31-23-21-30(28-47)22-24-31)52-42(51-35)33-15-12-16-34(25-33)44-39(48)19-8-3-4-9-20-40(49)45-37-18-11-10-17-36(37)43/h5-7,10-18,21-25,29,35,38,41-42,47,50H,3-4,8-9,19-20,26-28,43H2,1-2H3,(H,44,48)(H,45,49)/t29-,35-,38+,41-,42+/m1/s1. The third kappa shape index (κ3) is 11.2. The molecule has 276 valence electrons. The number of para-hydroxylation sites is 2. The van der Waals surface area contributed by atoms with Crippen LogP contribution in [-0.2, 0) is 25.7 Å². The number of anilines is 3. The van der Waals surface area contributed by atoms with E-state index < -0.39 is 12.4 Å². The molecule has 1 aliphatic rings. The highest BCUT2D eigenvalue weighted by Crippen LogP contribution is 2.39. The zero-order chi connectivity index (χ0) is 36.9. The predicted octanol–water partition coefficient (Wildman–Crippen LogP) is 7.28. The summed E-state index contributed by atoms with van der Waals surface area (Å²) in [6, 6.07) is 32.0. The Morgan fingerprint density at radius 1 is 0.827 bits per heavy atom. The van der Waals surface area contributed by atoms with Crippen molar-refractivity contribution in [1.82, 2.24) is 4.90 Å². The first-order valence-corrected chi connectivity index (χ1v) is 18.2. The molecular formula is C42H52N4O6. The summed E-state index contributed by atoms with van der Waals surface area (Å²) in [7, 11) is 1.99. The Bertz CT molecular complexity index is 1720. The Labute approximate surface area is 307 Å². The number of carbonyl (C=O) groups is 2. The number of hydrogen-bond donors (Lipinski definition) is 5. The number of aliphatic hydroxyl groups excluding tert-OH is 2. The van der Waals surface area contributed by atoms with Crippen LogP contribution < -0.4 is 16.4 Å². The van der Waals surface area contributed by atoms with Gasteiger partial charge in [-0.3, -0.25) is 14.5 Å². The first-order valence-electron chi connectivity index (χ1n) is 18.2. The van der Waals surface area contributed by atoms with Crippen molar-refractivity contribution in [3.05, 3.63) is 125 Å². The molecule has 4 aromatic rings. The lowest BCUT2D eigenvalue weighted by Gasteiger charge is -2.39. The zero-order valence-electron chi connectivity index (χ0n) is 30.1. The number of aliphatic hydroxyl groups is 2. The Morgan fingerprint density at radius 2 is 1.50 bits per heavy atom. The maximum atomic E-state index is 12.9. The first kappa shape index (κ1) is 38.6. The highest BCUT2D eigenvalue weighted by atomic mass is 16.7. The lowest BCUT2D eigenvalue weighted by atomic mass is 9.98. The molecular weight excluding hydrogens is 656 g/mol. The second-order valence-corrected chi connectivity index (χ2v) is 13.6. The molecule has 1 heterocycles. The van der Waals surface area contributed by atoms with Gasteiger partial charge in [0.25, 0.3) is 0 Å². The van der Waals surface area contributed by atoms with Crippen molar-refractivity contribution in [3.8, 4) is 0 Å². The van der Waals surface area contributed by atoms with Crippen LogP contribution >= 0.6 is 0 Å². The molecule has 6 N–H and O–H groups in total. The Morgan fingerprint density at radius 3 is 2.19 bits per heavy atom. The molecule has 0 bridgehead atoms. The lowest BCUT2D eigenvalue weighted by molar-refractivity contribution is -0.253. The molecule has 1 aliphatic heterocycles. The summed E-state index contributed by atoms with van der Waals surface area (Å²) < 4.78 is 13.1. The van der Waals surface area contributed by atoms with Crippen LogP contribution in [0.5, 0.6) is 0 Å². The Balaban J connectivity index is 1.15. The number of hydrogen-bond acceptors (Lipinski definition) is 8. The van der Waals surface area contributed by atoms with E-state index in [2.05, 4.69) is 15.5 Å². The van der Waals surface area contributed by atoms with Gasteiger partial charge in [0.15, 0.2) is 6.29 Å². The molecule has 0 aromatic heterocycles. The van der Waals surface area contributed by atoms with E-state index >= 15 is 0 Å². The number of rotatable bonds is 17. The van der Waals surface area contributed by atoms with Crippen LogP contribution in [0.1, 0.15) is 92.6 Å². The van der Waals surface area contributed by atoms with Gasteiger partial charge in [0, 0.05) is 43.1 Å². The van der Waals surface area contributed by atoms with Crippen LogP contribution in [-0.4, -0.2) is 52.7 Å². The number of nitrogen functional groups attached to an aromatic ring is 1. The van der Waals surface area contributed by atoms with E-state index in [0.29, 0.717) is 42.9 Å². The fraction of sp³-hybridized carbons (Fsp3) is 0.381. The molecule has 4 aromatic carbocycles. The highest BCUT2D eigenvalue weighted by Gasteiger charge is 2.34. The maximum Gasteiger partial charge on any atom is 0.224 e. The second-order valence-electron chi connectivity index (χ2n) is 13.6. The number of nitrogens with one attached hydrogen (secondary N) is 2.